The highest BCUT2D eigenvalue weighted by atomic mass is 19.1. The predicted molar refractivity (Wildman–Crippen MR) is 82.0 cm³/mol. The molecule has 0 aliphatic heterocycles. The maximum Gasteiger partial charge on any atom is 0.251 e. The van der Waals surface area contributed by atoms with E-state index in [-0.39, 0.29) is 17.8 Å². The van der Waals surface area contributed by atoms with Gasteiger partial charge in [0, 0.05) is 11.1 Å². The van der Waals surface area contributed by atoms with Gasteiger partial charge in [-0.3, -0.25) is 4.79 Å². The van der Waals surface area contributed by atoms with Gasteiger partial charge in [0.25, 0.3) is 5.91 Å². The summed E-state index contributed by atoms with van der Waals surface area (Å²) in [4.78, 5) is 12.3. The third kappa shape index (κ3) is 3.42. The molecular weight excluding hydrogens is 297 g/mol. The molecule has 6 heteroatoms. The summed E-state index contributed by atoms with van der Waals surface area (Å²) in [6.07, 6.45) is 1.25. The van der Waals surface area contributed by atoms with Crippen LogP contribution in [0.2, 0.25) is 0 Å². The van der Waals surface area contributed by atoms with E-state index in [1.165, 1.54) is 18.5 Å². The average molecular weight is 311 g/mol. The fraction of sp³-hybridized carbons (Fsp3) is 0.118. The largest absolute Gasteiger partial charge is 0.423 e. The fourth-order valence-corrected chi connectivity index (χ4v) is 2.18. The molecule has 0 saturated heterocycles. The smallest absolute Gasteiger partial charge is 0.251 e. The summed E-state index contributed by atoms with van der Waals surface area (Å²) in [5.41, 5.74) is 2.09. The second kappa shape index (κ2) is 6.39. The van der Waals surface area contributed by atoms with Crippen molar-refractivity contribution in [1.82, 2.24) is 15.5 Å². The first-order valence-electron chi connectivity index (χ1n) is 7.06. The first-order chi connectivity index (χ1) is 11.1. The molecule has 116 valence electrons. The Morgan fingerprint density at radius 1 is 1.13 bits per heavy atom. The Labute approximate surface area is 132 Å². The highest BCUT2D eigenvalue weighted by molar-refractivity contribution is 5.94. The summed E-state index contributed by atoms with van der Waals surface area (Å²) >= 11 is 0. The molecule has 0 unspecified atom stereocenters. The van der Waals surface area contributed by atoms with Crippen molar-refractivity contribution in [2.45, 2.75) is 13.0 Å². The molecule has 0 spiro atoms. The number of benzene rings is 2. The van der Waals surface area contributed by atoms with E-state index in [9.17, 15) is 9.18 Å². The summed E-state index contributed by atoms with van der Waals surface area (Å²) in [7, 11) is 0. The van der Waals surface area contributed by atoms with Crippen LogP contribution in [0, 0.1) is 5.82 Å². The summed E-state index contributed by atoms with van der Waals surface area (Å²) in [5.74, 6) is -0.112. The molecule has 0 aliphatic carbocycles. The summed E-state index contributed by atoms with van der Waals surface area (Å²) in [6.45, 7) is 1.85. The van der Waals surface area contributed by atoms with Gasteiger partial charge in [0.15, 0.2) is 0 Å². The molecule has 23 heavy (non-hydrogen) atoms. The van der Waals surface area contributed by atoms with E-state index >= 15 is 0 Å². The lowest BCUT2D eigenvalue weighted by molar-refractivity contribution is 0.0940. The molecular formula is C17H14FN3O2. The van der Waals surface area contributed by atoms with Crippen LogP contribution < -0.4 is 5.32 Å². The molecule has 1 amide bonds. The Hall–Kier alpha value is -3.02. The molecule has 1 aromatic heterocycles. The molecule has 0 fully saturated rings. The predicted octanol–water partition coefficient (Wildman–Crippen LogP) is 3.37. The van der Waals surface area contributed by atoms with Crippen LogP contribution in [0.3, 0.4) is 0 Å². The normalized spacial score (nSPS) is 11.9. The van der Waals surface area contributed by atoms with Crippen LogP contribution >= 0.6 is 0 Å². The van der Waals surface area contributed by atoms with Gasteiger partial charge < -0.3 is 9.73 Å². The van der Waals surface area contributed by atoms with Crippen molar-refractivity contribution >= 4 is 5.91 Å². The van der Waals surface area contributed by atoms with Gasteiger partial charge in [-0.2, -0.15) is 0 Å². The molecule has 0 bridgehead atoms. The minimum atomic E-state index is -0.302. The maximum atomic E-state index is 12.9. The molecule has 3 rings (SSSR count). The van der Waals surface area contributed by atoms with Crippen molar-refractivity contribution in [2.75, 3.05) is 0 Å². The lowest BCUT2D eigenvalue weighted by atomic mass is 10.1. The number of carbonyl (C=O) groups is 1. The van der Waals surface area contributed by atoms with E-state index in [4.69, 9.17) is 4.42 Å². The molecule has 5 nitrogen and oxygen atoms in total. The van der Waals surface area contributed by atoms with Gasteiger partial charge >= 0.3 is 0 Å². The van der Waals surface area contributed by atoms with Gasteiger partial charge in [-0.1, -0.05) is 12.1 Å². The number of hydrogen-bond acceptors (Lipinski definition) is 4. The van der Waals surface area contributed by atoms with Gasteiger partial charge in [0.1, 0.15) is 5.82 Å². The number of nitrogens with zero attached hydrogens (tertiary/aromatic N) is 2. The first kappa shape index (κ1) is 14.9. The van der Waals surface area contributed by atoms with E-state index in [2.05, 4.69) is 15.5 Å². The van der Waals surface area contributed by atoms with Crippen LogP contribution in [0.1, 0.15) is 28.9 Å². The van der Waals surface area contributed by atoms with Crippen molar-refractivity contribution < 1.29 is 13.6 Å². The third-order valence-electron chi connectivity index (χ3n) is 3.47. The molecule has 0 radical (unpaired) electrons. The molecule has 1 N–H and O–H groups in total. The third-order valence-corrected chi connectivity index (χ3v) is 3.47. The minimum Gasteiger partial charge on any atom is -0.423 e. The number of aromatic nitrogens is 2. The van der Waals surface area contributed by atoms with Crippen LogP contribution in [-0.4, -0.2) is 16.1 Å². The van der Waals surface area contributed by atoms with E-state index in [1.54, 1.807) is 36.4 Å². The monoisotopic (exact) mass is 311 g/mol. The van der Waals surface area contributed by atoms with Crippen molar-refractivity contribution in [3.63, 3.8) is 0 Å². The second-order valence-corrected chi connectivity index (χ2v) is 5.07. The van der Waals surface area contributed by atoms with Gasteiger partial charge in [-0.15, -0.1) is 10.2 Å². The molecule has 1 atom stereocenters. The lowest BCUT2D eigenvalue weighted by Gasteiger charge is -2.14. The Morgan fingerprint density at radius 3 is 2.43 bits per heavy atom. The van der Waals surface area contributed by atoms with Crippen molar-refractivity contribution in [2.24, 2.45) is 0 Å². The topological polar surface area (TPSA) is 68.0 Å². The number of rotatable bonds is 4. The SMILES string of the molecule is C[C@@H](NC(=O)c1ccc(-c2nnco2)cc1)c1ccc(F)cc1. The second-order valence-electron chi connectivity index (χ2n) is 5.07. The lowest BCUT2D eigenvalue weighted by Crippen LogP contribution is -2.26. The number of halogens is 1. The summed E-state index contributed by atoms with van der Waals surface area (Å²) < 4.78 is 18.0. The minimum absolute atomic E-state index is 0.209. The first-order valence-corrected chi connectivity index (χ1v) is 7.06. The van der Waals surface area contributed by atoms with Crippen molar-refractivity contribution in [3.8, 4) is 11.5 Å². The van der Waals surface area contributed by atoms with Crippen molar-refractivity contribution in [1.29, 1.82) is 0 Å². The number of amides is 1. The standard InChI is InChI=1S/C17H14FN3O2/c1-11(12-6-8-15(18)9-7-12)20-16(22)13-2-4-14(5-3-13)17-21-19-10-23-17/h2-11H,1H3,(H,20,22)/t11-/m1/s1. The Bertz CT molecular complexity index is 784. The Morgan fingerprint density at radius 2 is 1.83 bits per heavy atom. The molecule has 0 aliphatic rings. The van der Waals surface area contributed by atoms with Gasteiger partial charge in [0.05, 0.1) is 6.04 Å². The summed E-state index contributed by atoms with van der Waals surface area (Å²) in [5, 5.41) is 10.3. The molecule has 0 saturated carbocycles. The van der Waals surface area contributed by atoms with Crippen LogP contribution in [0.4, 0.5) is 4.39 Å². The zero-order chi connectivity index (χ0) is 16.2. The van der Waals surface area contributed by atoms with E-state index in [0.29, 0.717) is 11.5 Å². The van der Waals surface area contributed by atoms with Crippen LogP contribution in [-0.2, 0) is 0 Å². The Balaban J connectivity index is 1.69. The zero-order valence-corrected chi connectivity index (χ0v) is 12.4. The van der Waals surface area contributed by atoms with Gasteiger partial charge in [-0.05, 0) is 48.9 Å². The maximum absolute atomic E-state index is 12.9. The molecule has 3 aromatic rings. The molecule has 1 heterocycles. The van der Waals surface area contributed by atoms with Crippen LogP contribution in [0.5, 0.6) is 0 Å². The average Bonchev–Trinajstić information content (AvgIpc) is 3.10. The highest BCUT2D eigenvalue weighted by Crippen LogP contribution is 2.18. The number of nitrogens with one attached hydrogen (secondary N) is 1. The van der Waals surface area contributed by atoms with Crippen LogP contribution in [0.25, 0.3) is 11.5 Å². The van der Waals surface area contributed by atoms with Crippen molar-refractivity contribution in [3.05, 3.63) is 71.9 Å². The number of hydrogen-bond donors (Lipinski definition) is 1. The van der Waals surface area contributed by atoms with E-state index in [1.807, 2.05) is 6.92 Å². The summed E-state index contributed by atoms with van der Waals surface area (Å²) in [6, 6.07) is 12.7. The van der Waals surface area contributed by atoms with Gasteiger partial charge in [-0.25, -0.2) is 4.39 Å². The van der Waals surface area contributed by atoms with Gasteiger partial charge in [0.2, 0.25) is 12.3 Å². The Kier molecular flexibility index (Phi) is 4.14. The fourth-order valence-electron chi connectivity index (χ4n) is 2.18. The highest BCUT2D eigenvalue weighted by Gasteiger charge is 2.12. The van der Waals surface area contributed by atoms with E-state index in [0.717, 1.165) is 11.1 Å². The van der Waals surface area contributed by atoms with Crippen LogP contribution in [0.15, 0.2) is 59.3 Å². The zero-order valence-electron chi connectivity index (χ0n) is 12.4. The van der Waals surface area contributed by atoms with E-state index < -0.39 is 0 Å². The number of carbonyl (C=O) groups excluding carboxylic acids is 1. The quantitative estimate of drug-likeness (QED) is 0.802. The molecule has 2 aromatic carbocycles.